The van der Waals surface area contributed by atoms with Crippen LogP contribution in [-0.4, -0.2) is 40.5 Å². The van der Waals surface area contributed by atoms with Crippen LogP contribution in [0.5, 0.6) is 0 Å². The van der Waals surface area contributed by atoms with E-state index < -0.39 is 0 Å². The Labute approximate surface area is 102 Å². The van der Waals surface area contributed by atoms with E-state index in [4.69, 9.17) is 0 Å². The molecule has 2 aromatic rings. The molecule has 2 aromatic heterocycles. The van der Waals surface area contributed by atoms with E-state index >= 15 is 0 Å². The van der Waals surface area contributed by atoms with Crippen molar-refractivity contribution in [1.82, 2.24) is 14.3 Å². The van der Waals surface area contributed by atoms with E-state index in [1.807, 2.05) is 24.5 Å². The van der Waals surface area contributed by atoms with Crippen molar-refractivity contribution < 1.29 is 0 Å². The molecule has 0 spiro atoms. The van der Waals surface area contributed by atoms with Gasteiger partial charge in [0.05, 0.1) is 0 Å². The van der Waals surface area contributed by atoms with Gasteiger partial charge in [0, 0.05) is 24.5 Å². The van der Waals surface area contributed by atoms with Gasteiger partial charge in [-0.15, -0.1) is 0 Å². The van der Waals surface area contributed by atoms with Gasteiger partial charge in [-0.2, -0.15) is 0 Å². The van der Waals surface area contributed by atoms with Crippen molar-refractivity contribution in [2.45, 2.75) is 19.4 Å². The van der Waals surface area contributed by atoms with Crippen molar-refractivity contribution in [2.24, 2.45) is 0 Å². The van der Waals surface area contributed by atoms with E-state index in [0.29, 0.717) is 0 Å². The molecule has 0 unspecified atom stereocenters. The normalized spacial score (nSPS) is 12.3. The van der Waals surface area contributed by atoms with E-state index in [-0.39, 0.29) is 5.54 Å². The summed E-state index contributed by atoms with van der Waals surface area (Å²) in [4.78, 5) is 6.49. The summed E-state index contributed by atoms with van der Waals surface area (Å²) in [6.07, 6.45) is 3.79. The first kappa shape index (κ1) is 11.9. The lowest BCUT2D eigenvalue weighted by molar-refractivity contribution is 0.210. The van der Waals surface area contributed by atoms with Crippen LogP contribution in [0.2, 0.25) is 0 Å². The molecular formula is C13H20N4. The summed E-state index contributed by atoms with van der Waals surface area (Å²) in [5.41, 5.74) is 1.08. The maximum absolute atomic E-state index is 4.27. The number of likely N-dealkylation sites (N-methyl/N-ethyl adjacent to an activating group) is 1. The van der Waals surface area contributed by atoms with Crippen LogP contribution in [0, 0.1) is 0 Å². The molecule has 92 valence electrons. The summed E-state index contributed by atoms with van der Waals surface area (Å²) in [6.45, 7) is 5.32. The quantitative estimate of drug-likeness (QED) is 0.876. The van der Waals surface area contributed by atoms with Crippen LogP contribution in [0.25, 0.3) is 5.65 Å². The second-order valence-corrected chi connectivity index (χ2v) is 5.13. The van der Waals surface area contributed by atoms with E-state index in [0.717, 1.165) is 18.0 Å². The van der Waals surface area contributed by atoms with Crippen LogP contribution in [0.4, 0.5) is 5.82 Å². The predicted molar refractivity (Wildman–Crippen MR) is 71.4 cm³/mol. The number of aromatic nitrogens is 2. The maximum Gasteiger partial charge on any atom is 0.138 e. The first-order valence-electron chi connectivity index (χ1n) is 5.84. The number of fused-ring (bicyclic) bond motifs is 1. The minimum Gasteiger partial charge on any atom is -0.369 e. The zero-order valence-corrected chi connectivity index (χ0v) is 10.9. The van der Waals surface area contributed by atoms with Crippen LogP contribution in [0.1, 0.15) is 13.8 Å². The second kappa shape index (κ2) is 4.37. The third kappa shape index (κ3) is 2.42. The number of nitrogens with one attached hydrogen (secondary N) is 1. The Morgan fingerprint density at radius 3 is 2.82 bits per heavy atom. The third-order valence-electron chi connectivity index (χ3n) is 3.34. The Hall–Kier alpha value is -1.55. The molecule has 0 bridgehead atoms. The molecular weight excluding hydrogens is 212 g/mol. The molecule has 0 aliphatic rings. The lowest BCUT2D eigenvalue weighted by Gasteiger charge is -2.33. The highest BCUT2D eigenvalue weighted by molar-refractivity contribution is 5.49. The van der Waals surface area contributed by atoms with Crippen molar-refractivity contribution in [3.05, 3.63) is 30.6 Å². The highest BCUT2D eigenvalue weighted by Crippen LogP contribution is 2.14. The van der Waals surface area contributed by atoms with Gasteiger partial charge >= 0.3 is 0 Å². The van der Waals surface area contributed by atoms with E-state index in [9.17, 15) is 0 Å². The minimum absolute atomic E-state index is 0.114. The smallest absolute Gasteiger partial charge is 0.138 e. The molecule has 4 heteroatoms. The Morgan fingerprint density at radius 2 is 2.12 bits per heavy atom. The maximum atomic E-state index is 4.27. The Morgan fingerprint density at radius 1 is 1.35 bits per heavy atom. The molecule has 2 rings (SSSR count). The van der Waals surface area contributed by atoms with Crippen LogP contribution in [0.3, 0.4) is 0 Å². The molecule has 0 aliphatic carbocycles. The lowest BCUT2D eigenvalue weighted by atomic mass is 10.0. The largest absolute Gasteiger partial charge is 0.369 e. The number of rotatable bonds is 4. The van der Waals surface area contributed by atoms with E-state index in [2.05, 4.69) is 53.6 Å². The lowest BCUT2D eigenvalue weighted by Crippen LogP contribution is -2.44. The van der Waals surface area contributed by atoms with Gasteiger partial charge in [-0.05, 0) is 40.1 Å². The summed E-state index contributed by atoms with van der Waals surface area (Å²) in [6, 6.07) is 6.09. The fourth-order valence-electron chi connectivity index (χ4n) is 1.56. The number of nitrogens with zero attached hydrogens (tertiary/aromatic N) is 3. The third-order valence-corrected chi connectivity index (χ3v) is 3.34. The van der Waals surface area contributed by atoms with Crippen LogP contribution >= 0.6 is 0 Å². The van der Waals surface area contributed by atoms with Gasteiger partial charge in [0.1, 0.15) is 11.5 Å². The van der Waals surface area contributed by atoms with Gasteiger partial charge in [0.25, 0.3) is 0 Å². The number of hydrogen-bond donors (Lipinski definition) is 1. The SMILES string of the molecule is CN(C)C(C)(C)CNc1cccc2nccn12. The fourth-order valence-corrected chi connectivity index (χ4v) is 1.56. The van der Waals surface area contributed by atoms with Crippen molar-refractivity contribution in [2.75, 3.05) is 26.0 Å². The number of pyridine rings is 1. The van der Waals surface area contributed by atoms with Crippen molar-refractivity contribution in [3.8, 4) is 0 Å². The van der Waals surface area contributed by atoms with Crippen molar-refractivity contribution in [3.63, 3.8) is 0 Å². The van der Waals surface area contributed by atoms with Gasteiger partial charge in [0.2, 0.25) is 0 Å². The Kier molecular flexibility index (Phi) is 3.07. The molecule has 17 heavy (non-hydrogen) atoms. The highest BCUT2D eigenvalue weighted by atomic mass is 15.2. The monoisotopic (exact) mass is 232 g/mol. The molecule has 2 heterocycles. The van der Waals surface area contributed by atoms with Crippen LogP contribution < -0.4 is 5.32 Å². The van der Waals surface area contributed by atoms with Crippen LogP contribution in [-0.2, 0) is 0 Å². The molecule has 1 N–H and O–H groups in total. The molecule has 0 saturated carbocycles. The average molecular weight is 232 g/mol. The van der Waals surface area contributed by atoms with E-state index in [1.165, 1.54) is 0 Å². The standard InChI is InChI=1S/C13H20N4/c1-13(2,16(3)4)10-15-12-7-5-6-11-14-8-9-17(11)12/h5-9,15H,10H2,1-4H3. The molecule has 0 amide bonds. The predicted octanol–water partition coefficient (Wildman–Crippen LogP) is 2.09. The van der Waals surface area contributed by atoms with Crippen molar-refractivity contribution in [1.29, 1.82) is 0 Å². The Balaban J connectivity index is 2.17. The molecule has 4 nitrogen and oxygen atoms in total. The van der Waals surface area contributed by atoms with Crippen LogP contribution in [0.15, 0.2) is 30.6 Å². The molecule has 0 atom stereocenters. The number of hydrogen-bond acceptors (Lipinski definition) is 3. The summed E-state index contributed by atoms with van der Waals surface area (Å²) < 4.78 is 2.06. The molecule has 0 radical (unpaired) electrons. The summed E-state index contributed by atoms with van der Waals surface area (Å²) >= 11 is 0. The summed E-state index contributed by atoms with van der Waals surface area (Å²) in [5, 5.41) is 3.48. The zero-order valence-electron chi connectivity index (χ0n) is 10.9. The first-order valence-corrected chi connectivity index (χ1v) is 5.84. The summed E-state index contributed by atoms with van der Waals surface area (Å²) in [5.74, 6) is 1.08. The average Bonchev–Trinajstić information content (AvgIpc) is 2.74. The second-order valence-electron chi connectivity index (χ2n) is 5.13. The fraction of sp³-hybridized carbons (Fsp3) is 0.462. The molecule has 0 saturated heterocycles. The summed E-state index contributed by atoms with van der Waals surface area (Å²) in [7, 11) is 4.19. The Bertz CT molecular complexity index is 499. The van der Waals surface area contributed by atoms with Gasteiger partial charge in [-0.1, -0.05) is 6.07 Å². The molecule has 0 aliphatic heterocycles. The topological polar surface area (TPSA) is 32.6 Å². The molecule has 0 aromatic carbocycles. The van der Waals surface area contributed by atoms with Gasteiger partial charge < -0.3 is 10.2 Å². The minimum atomic E-state index is 0.114. The van der Waals surface area contributed by atoms with E-state index in [1.54, 1.807) is 0 Å². The molecule has 0 fully saturated rings. The van der Waals surface area contributed by atoms with Crippen molar-refractivity contribution >= 4 is 11.5 Å². The van der Waals surface area contributed by atoms with Gasteiger partial charge in [0.15, 0.2) is 0 Å². The highest BCUT2D eigenvalue weighted by Gasteiger charge is 2.20. The number of imidazole rings is 1. The first-order chi connectivity index (χ1) is 8.00. The zero-order chi connectivity index (χ0) is 12.5. The van der Waals surface area contributed by atoms with Gasteiger partial charge in [-0.25, -0.2) is 4.98 Å². The van der Waals surface area contributed by atoms with Gasteiger partial charge in [-0.3, -0.25) is 4.40 Å². The number of anilines is 1.